The Morgan fingerprint density at radius 3 is 2.60 bits per heavy atom. The highest BCUT2D eigenvalue weighted by Crippen LogP contribution is 2.46. The third-order valence-corrected chi connectivity index (χ3v) is 13.3. The van der Waals surface area contributed by atoms with Crippen molar-refractivity contribution in [2.75, 3.05) is 25.2 Å². The van der Waals surface area contributed by atoms with Gasteiger partial charge in [0.15, 0.2) is 9.84 Å². The molecule has 1 aromatic heterocycles. The fourth-order valence-corrected chi connectivity index (χ4v) is 10.1. The smallest absolute Gasteiger partial charge is 0.324 e. The number of amides is 2. The van der Waals surface area contributed by atoms with E-state index in [9.17, 15) is 27.6 Å². The van der Waals surface area contributed by atoms with Crippen molar-refractivity contribution in [1.82, 2.24) is 10.2 Å². The van der Waals surface area contributed by atoms with Gasteiger partial charge in [-0.1, -0.05) is 52.6 Å². The van der Waals surface area contributed by atoms with Crippen LogP contribution < -0.4 is 11.1 Å². The van der Waals surface area contributed by atoms with Crippen molar-refractivity contribution in [3.63, 3.8) is 0 Å². The largest absolute Gasteiger partial charge is 0.465 e. The van der Waals surface area contributed by atoms with Gasteiger partial charge in [-0.3, -0.25) is 24.5 Å². The van der Waals surface area contributed by atoms with E-state index in [0.29, 0.717) is 27.8 Å². The van der Waals surface area contributed by atoms with Crippen LogP contribution in [0.4, 0.5) is 0 Å². The van der Waals surface area contributed by atoms with Crippen molar-refractivity contribution < 1.29 is 40.9 Å². The first kappa shape index (κ1) is 37.7. The Labute approximate surface area is 313 Å². The summed E-state index contributed by atoms with van der Waals surface area (Å²) < 4.78 is 42.1. The number of carbonyl (C=O) groups is 4. The van der Waals surface area contributed by atoms with Gasteiger partial charge in [-0.2, -0.15) is 0 Å². The lowest BCUT2D eigenvalue weighted by molar-refractivity contribution is -0.145. The fourth-order valence-electron chi connectivity index (χ4n) is 6.81. The van der Waals surface area contributed by atoms with E-state index in [2.05, 4.69) is 5.32 Å². The van der Waals surface area contributed by atoms with E-state index >= 15 is 0 Å². The van der Waals surface area contributed by atoms with Gasteiger partial charge in [0.25, 0.3) is 11.8 Å². The molecule has 276 valence electrons. The van der Waals surface area contributed by atoms with Gasteiger partial charge in [0, 0.05) is 29.5 Å². The van der Waals surface area contributed by atoms with Crippen molar-refractivity contribution >= 4 is 78.9 Å². The zero-order valence-corrected chi connectivity index (χ0v) is 31.7. The third kappa shape index (κ3) is 7.53. The lowest BCUT2D eigenvalue weighted by Crippen LogP contribution is -2.46. The van der Waals surface area contributed by atoms with Crippen molar-refractivity contribution in [2.45, 2.75) is 49.0 Å². The molecule has 3 aromatic carbocycles. The maximum Gasteiger partial charge on any atom is 0.324 e. The van der Waals surface area contributed by atoms with Crippen LogP contribution in [0.3, 0.4) is 0 Å². The van der Waals surface area contributed by atoms with Crippen molar-refractivity contribution in [3.8, 4) is 0 Å². The second-order valence-corrected chi connectivity index (χ2v) is 17.7. The number of fused-ring (bicyclic) bond motifs is 2. The van der Waals surface area contributed by atoms with Crippen molar-refractivity contribution in [2.24, 2.45) is 11.7 Å². The number of rotatable bonds is 10. The van der Waals surface area contributed by atoms with Gasteiger partial charge in [0.1, 0.15) is 11.6 Å². The molecule has 0 bridgehead atoms. The number of benzene rings is 3. The van der Waals surface area contributed by atoms with Crippen LogP contribution in [0.25, 0.3) is 11.0 Å². The molecule has 12 nitrogen and oxygen atoms in total. The molecule has 2 aliphatic heterocycles. The van der Waals surface area contributed by atoms with Gasteiger partial charge in [0.05, 0.1) is 50.7 Å². The Bertz CT molecular complexity index is 2190. The lowest BCUT2D eigenvalue weighted by Gasteiger charge is -2.42. The quantitative estimate of drug-likeness (QED) is 0.143. The minimum atomic E-state index is -3.61. The third-order valence-electron chi connectivity index (χ3n) is 9.30. The van der Waals surface area contributed by atoms with E-state index in [1.807, 2.05) is 6.92 Å². The van der Waals surface area contributed by atoms with Crippen LogP contribution in [-0.2, 0) is 41.2 Å². The van der Waals surface area contributed by atoms with Gasteiger partial charge in [-0.15, -0.1) is 0 Å². The molecule has 4 unspecified atom stereocenters. The molecule has 2 amide bonds. The average Bonchev–Trinajstić information content (AvgIpc) is 3.72. The zero-order valence-electron chi connectivity index (χ0n) is 28.4. The Morgan fingerprint density at radius 1 is 1.12 bits per heavy atom. The molecule has 3 N–H and O–H groups in total. The van der Waals surface area contributed by atoms with Crippen LogP contribution in [0.5, 0.6) is 0 Å². The van der Waals surface area contributed by atoms with Gasteiger partial charge in [0.2, 0.25) is 0 Å². The molecule has 52 heavy (non-hydrogen) atoms. The van der Waals surface area contributed by atoms with Crippen LogP contribution in [-0.4, -0.2) is 73.6 Å². The van der Waals surface area contributed by atoms with Crippen molar-refractivity contribution in [1.29, 1.82) is 0 Å². The van der Waals surface area contributed by atoms with Gasteiger partial charge < -0.3 is 24.0 Å². The summed E-state index contributed by atoms with van der Waals surface area (Å²) in [5.74, 6) is -3.33. The number of nitrogens with one attached hydrogen (secondary N) is 1. The molecule has 0 saturated carbocycles. The molecular formula is C36H37Cl2N3O9S2. The van der Waals surface area contributed by atoms with Crippen LogP contribution >= 0.6 is 34.4 Å². The summed E-state index contributed by atoms with van der Waals surface area (Å²) in [6, 6.07) is 12.8. The zero-order chi connectivity index (χ0) is 37.5. The normalized spacial score (nSPS) is 21.4. The first-order chi connectivity index (χ1) is 24.7. The number of furan rings is 1. The van der Waals surface area contributed by atoms with Crippen molar-refractivity contribution in [3.05, 3.63) is 98.7 Å². The van der Waals surface area contributed by atoms with Gasteiger partial charge >= 0.3 is 11.9 Å². The minimum absolute atomic E-state index is 0.0190. The molecular weight excluding hydrogens is 753 g/mol. The summed E-state index contributed by atoms with van der Waals surface area (Å²) in [6.07, 6.45) is 2.75. The predicted octanol–water partition coefficient (Wildman–Crippen LogP) is 5.18. The number of halogens is 2. The Hall–Kier alpha value is -4.08. The summed E-state index contributed by atoms with van der Waals surface area (Å²) in [4.78, 5) is 55.8. The highest BCUT2D eigenvalue weighted by molar-refractivity contribution is 8.13. The number of hydrogen-bond donors (Lipinski definition) is 3. The number of ether oxygens (including phenoxy) is 1. The lowest BCUT2D eigenvalue weighted by atomic mass is 9.80. The summed E-state index contributed by atoms with van der Waals surface area (Å²) in [7, 11) is -3.61. The molecule has 16 heteroatoms. The first-order valence-corrected chi connectivity index (χ1v) is 20.6. The average molecular weight is 791 g/mol. The number of carbonyl (C=O) groups excluding carboxylic acids is 4. The van der Waals surface area contributed by atoms with E-state index < -0.39 is 62.8 Å². The standard InChI is InChI=1S/C36H37Cl2N3O9S2/c1-4-48-36(45)28-18-51(19(2)40-28)50-35(44)26(15-20-6-5-7-23(14-20)52(3,46)47)32-25-17-27(37)30(33(39)42)31(38)24(25)10-12-41(32)34(43)22-9-8-21-11-13-49-29(21)16-22/h5-9,11,13-14,16-17,19,26,28,32,40,51H,4,10,12,15,18H2,1-3H3,(H2,39,42)/t19?,26-,28?,32?/m0/s1. The molecule has 0 spiro atoms. The highest BCUT2D eigenvalue weighted by atomic mass is 35.5. The van der Waals surface area contributed by atoms with E-state index in [-0.39, 0.29) is 57.6 Å². The summed E-state index contributed by atoms with van der Waals surface area (Å²) in [6.45, 7) is 3.79. The molecule has 1 saturated heterocycles. The molecule has 2 aliphatic rings. The van der Waals surface area contributed by atoms with Gasteiger partial charge in [-0.25, -0.2) is 8.42 Å². The Balaban J connectivity index is 1.48. The summed E-state index contributed by atoms with van der Waals surface area (Å²) in [5.41, 5.74) is 7.74. The predicted molar refractivity (Wildman–Crippen MR) is 198 cm³/mol. The van der Waals surface area contributed by atoms with Gasteiger partial charge in [-0.05, 0) is 79.8 Å². The molecule has 5 atom stereocenters. The number of esters is 1. The number of thiol groups is 1. The molecule has 6 rings (SSSR count). The topological polar surface area (TPSA) is 175 Å². The van der Waals surface area contributed by atoms with E-state index in [4.69, 9.17) is 42.3 Å². The molecule has 1 fully saturated rings. The van der Waals surface area contributed by atoms with E-state index in [1.165, 1.54) is 24.5 Å². The summed E-state index contributed by atoms with van der Waals surface area (Å²) in [5, 5.41) is 3.55. The van der Waals surface area contributed by atoms with Crippen LogP contribution in [0.15, 0.2) is 70.2 Å². The van der Waals surface area contributed by atoms with Crippen LogP contribution in [0, 0.1) is 5.92 Å². The fraction of sp³-hybridized carbons (Fsp3) is 0.333. The second-order valence-electron chi connectivity index (χ2n) is 12.7. The number of hydrogen-bond acceptors (Lipinski definition) is 10. The maximum absolute atomic E-state index is 14.7. The number of nitrogens with zero attached hydrogens (tertiary/aromatic N) is 1. The van der Waals surface area contributed by atoms with Crippen LogP contribution in [0.2, 0.25) is 10.0 Å². The Kier molecular flexibility index (Phi) is 10.9. The monoisotopic (exact) mass is 789 g/mol. The summed E-state index contributed by atoms with van der Waals surface area (Å²) >= 11 is 11.9. The van der Waals surface area contributed by atoms with Crippen LogP contribution in [0.1, 0.15) is 57.3 Å². The minimum Gasteiger partial charge on any atom is -0.465 e. The molecule has 4 aromatic rings. The number of primary amides is 1. The molecule has 3 heterocycles. The number of nitrogens with two attached hydrogens (primary N) is 1. The van der Waals surface area contributed by atoms with E-state index in [0.717, 1.165) is 11.6 Å². The SMILES string of the molecule is CCOC(=O)C1C[SH](OC(=O)[C@@H](Cc2cccc(S(C)(=O)=O)c2)C2c3cc(Cl)c(C(N)=O)c(Cl)c3CCN2C(=O)c2ccc3ccoc3c2)C(C)N1. The van der Waals surface area contributed by atoms with E-state index in [1.54, 1.807) is 48.2 Å². The first-order valence-electron chi connectivity index (χ1n) is 16.5. The molecule has 0 radical (unpaired) electrons. The Morgan fingerprint density at radius 2 is 1.88 bits per heavy atom. The maximum atomic E-state index is 14.7. The second kappa shape index (κ2) is 15.1. The number of sulfone groups is 1. The highest BCUT2D eigenvalue weighted by Gasteiger charge is 2.45. The molecule has 0 aliphatic carbocycles.